The standard InChI is InChI=1S/C18H20O5/c1-21-15-7-5-4-6-13(15)14(11-19)18(20)12-8-9-16(22-2)17(10-12)23-3/h4-10,14,19H,11H2,1-3H3. The van der Waals surface area contributed by atoms with Crippen LogP contribution in [0.15, 0.2) is 42.5 Å². The highest BCUT2D eigenvalue weighted by atomic mass is 16.5. The summed E-state index contributed by atoms with van der Waals surface area (Å²) in [5.74, 6) is 0.666. The average Bonchev–Trinajstić information content (AvgIpc) is 2.61. The summed E-state index contributed by atoms with van der Waals surface area (Å²) in [6.07, 6.45) is 0. The molecule has 0 radical (unpaired) electrons. The van der Waals surface area contributed by atoms with Gasteiger partial charge >= 0.3 is 0 Å². The number of para-hydroxylation sites is 1. The van der Waals surface area contributed by atoms with Gasteiger partial charge in [-0.1, -0.05) is 18.2 Å². The van der Waals surface area contributed by atoms with Crippen LogP contribution in [0.25, 0.3) is 0 Å². The Morgan fingerprint density at radius 3 is 2.22 bits per heavy atom. The second kappa shape index (κ2) is 7.65. The molecule has 0 bridgehead atoms. The quantitative estimate of drug-likeness (QED) is 0.796. The number of benzene rings is 2. The third-order valence-electron chi connectivity index (χ3n) is 3.68. The van der Waals surface area contributed by atoms with Gasteiger partial charge in [0.05, 0.1) is 33.9 Å². The number of hydrogen-bond acceptors (Lipinski definition) is 5. The fourth-order valence-corrected chi connectivity index (χ4v) is 2.47. The Balaban J connectivity index is 2.40. The van der Waals surface area contributed by atoms with Crippen LogP contribution in [-0.2, 0) is 0 Å². The van der Waals surface area contributed by atoms with Crippen LogP contribution in [0.1, 0.15) is 21.8 Å². The van der Waals surface area contributed by atoms with E-state index in [-0.39, 0.29) is 12.4 Å². The summed E-state index contributed by atoms with van der Waals surface area (Å²) < 4.78 is 15.7. The van der Waals surface area contributed by atoms with Gasteiger partial charge in [0.25, 0.3) is 0 Å². The average molecular weight is 316 g/mol. The lowest BCUT2D eigenvalue weighted by Gasteiger charge is -2.17. The molecule has 23 heavy (non-hydrogen) atoms. The van der Waals surface area contributed by atoms with E-state index in [1.165, 1.54) is 21.3 Å². The number of rotatable bonds is 7. The van der Waals surface area contributed by atoms with Crippen LogP contribution in [0.3, 0.4) is 0 Å². The van der Waals surface area contributed by atoms with Crippen molar-refractivity contribution < 1.29 is 24.1 Å². The van der Waals surface area contributed by atoms with Gasteiger partial charge < -0.3 is 19.3 Å². The molecule has 1 atom stereocenters. The highest BCUT2D eigenvalue weighted by Gasteiger charge is 2.25. The van der Waals surface area contributed by atoms with Gasteiger partial charge in [-0.3, -0.25) is 4.79 Å². The van der Waals surface area contributed by atoms with Crippen LogP contribution < -0.4 is 14.2 Å². The Morgan fingerprint density at radius 1 is 0.957 bits per heavy atom. The lowest BCUT2D eigenvalue weighted by Crippen LogP contribution is -2.17. The van der Waals surface area contributed by atoms with E-state index >= 15 is 0 Å². The first kappa shape index (κ1) is 16.8. The van der Waals surface area contributed by atoms with Crippen molar-refractivity contribution in [2.75, 3.05) is 27.9 Å². The maximum Gasteiger partial charge on any atom is 0.172 e. The first-order valence-corrected chi connectivity index (χ1v) is 7.16. The predicted molar refractivity (Wildman–Crippen MR) is 86.7 cm³/mol. The zero-order chi connectivity index (χ0) is 16.8. The third-order valence-corrected chi connectivity index (χ3v) is 3.68. The summed E-state index contributed by atoms with van der Waals surface area (Å²) in [5, 5.41) is 9.73. The van der Waals surface area contributed by atoms with Gasteiger partial charge in [-0.2, -0.15) is 0 Å². The number of hydrogen-bond donors (Lipinski definition) is 1. The molecule has 5 nitrogen and oxygen atoms in total. The zero-order valence-electron chi connectivity index (χ0n) is 13.4. The summed E-state index contributed by atoms with van der Waals surface area (Å²) in [4.78, 5) is 12.8. The molecule has 0 saturated carbocycles. The molecule has 0 amide bonds. The van der Waals surface area contributed by atoms with Gasteiger partial charge in [0, 0.05) is 11.1 Å². The normalized spacial score (nSPS) is 11.7. The molecular weight excluding hydrogens is 296 g/mol. The molecule has 2 aromatic carbocycles. The van der Waals surface area contributed by atoms with E-state index in [1.807, 2.05) is 12.1 Å². The van der Waals surface area contributed by atoms with E-state index in [4.69, 9.17) is 14.2 Å². The molecule has 122 valence electrons. The van der Waals surface area contributed by atoms with Gasteiger partial charge in [0.15, 0.2) is 17.3 Å². The summed E-state index contributed by atoms with van der Waals surface area (Å²) in [5.41, 5.74) is 1.09. The molecule has 0 aliphatic rings. The van der Waals surface area contributed by atoms with Gasteiger partial charge in [-0.25, -0.2) is 0 Å². The third kappa shape index (κ3) is 3.46. The van der Waals surface area contributed by atoms with Crippen molar-refractivity contribution in [2.45, 2.75) is 5.92 Å². The van der Waals surface area contributed by atoms with Gasteiger partial charge in [-0.15, -0.1) is 0 Å². The Hall–Kier alpha value is -2.53. The molecule has 2 rings (SSSR count). The van der Waals surface area contributed by atoms with Crippen LogP contribution >= 0.6 is 0 Å². The van der Waals surface area contributed by atoms with E-state index in [2.05, 4.69) is 0 Å². The van der Waals surface area contributed by atoms with E-state index in [9.17, 15) is 9.90 Å². The smallest absolute Gasteiger partial charge is 0.172 e. The first-order valence-electron chi connectivity index (χ1n) is 7.16. The number of ether oxygens (including phenoxy) is 3. The van der Waals surface area contributed by atoms with Crippen molar-refractivity contribution >= 4 is 5.78 Å². The van der Waals surface area contributed by atoms with Crippen molar-refractivity contribution in [3.8, 4) is 17.2 Å². The summed E-state index contributed by atoms with van der Waals surface area (Å²) in [6.45, 7) is -0.312. The minimum atomic E-state index is -0.704. The van der Waals surface area contributed by atoms with Crippen LogP contribution in [0.4, 0.5) is 0 Å². The molecule has 0 heterocycles. The predicted octanol–water partition coefficient (Wildman–Crippen LogP) is 2.67. The number of aliphatic hydroxyl groups excluding tert-OH is 1. The highest BCUT2D eigenvalue weighted by molar-refractivity contribution is 6.02. The van der Waals surface area contributed by atoms with Crippen LogP contribution in [-0.4, -0.2) is 38.8 Å². The Bertz CT molecular complexity index is 681. The number of carbonyl (C=O) groups excluding carboxylic acids is 1. The number of carbonyl (C=O) groups is 1. The molecule has 5 heteroatoms. The summed E-state index contributed by atoms with van der Waals surface area (Å²) in [7, 11) is 4.58. The number of methoxy groups -OCH3 is 3. The Kier molecular flexibility index (Phi) is 5.60. The molecule has 0 aliphatic heterocycles. The maximum absolute atomic E-state index is 12.8. The summed E-state index contributed by atoms with van der Waals surface area (Å²) in [6, 6.07) is 12.1. The van der Waals surface area contributed by atoms with E-state index in [0.717, 1.165) is 0 Å². The molecular formula is C18H20O5. The van der Waals surface area contributed by atoms with E-state index in [0.29, 0.717) is 28.4 Å². The molecule has 2 aromatic rings. The number of Topliss-reactive ketones (excluding diaryl/α,β-unsaturated/α-hetero) is 1. The molecule has 0 aliphatic carbocycles. The highest BCUT2D eigenvalue weighted by Crippen LogP contribution is 2.32. The van der Waals surface area contributed by atoms with Crippen LogP contribution in [0, 0.1) is 0 Å². The first-order chi connectivity index (χ1) is 11.2. The Labute approximate surface area is 135 Å². The van der Waals surface area contributed by atoms with Gasteiger partial charge in [0.2, 0.25) is 0 Å². The second-order valence-corrected chi connectivity index (χ2v) is 4.91. The number of aliphatic hydroxyl groups is 1. The fourth-order valence-electron chi connectivity index (χ4n) is 2.47. The lowest BCUT2D eigenvalue weighted by atomic mass is 9.90. The van der Waals surface area contributed by atoms with E-state index in [1.54, 1.807) is 30.3 Å². The van der Waals surface area contributed by atoms with E-state index < -0.39 is 5.92 Å². The molecule has 0 aromatic heterocycles. The molecule has 0 fully saturated rings. The van der Waals surface area contributed by atoms with Gasteiger partial charge in [0.1, 0.15) is 5.75 Å². The monoisotopic (exact) mass is 316 g/mol. The molecule has 1 unspecified atom stereocenters. The molecule has 1 N–H and O–H groups in total. The van der Waals surface area contributed by atoms with Crippen molar-refractivity contribution in [3.63, 3.8) is 0 Å². The largest absolute Gasteiger partial charge is 0.496 e. The lowest BCUT2D eigenvalue weighted by molar-refractivity contribution is 0.0920. The number of ketones is 1. The SMILES string of the molecule is COc1ccc(C(=O)C(CO)c2ccccc2OC)cc1OC. The van der Waals surface area contributed by atoms with Crippen molar-refractivity contribution in [3.05, 3.63) is 53.6 Å². The molecule has 0 spiro atoms. The summed E-state index contributed by atoms with van der Waals surface area (Å²) >= 11 is 0. The van der Waals surface area contributed by atoms with Gasteiger partial charge in [-0.05, 0) is 24.3 Å². The van der Waals surface area contributed by atoms with Crippen molar-refractivity contribution in [1.82, 2.24) is 0 Å². The van der Waals surface area contributed by atoms with Crippen LogP contribution in [0.5, 0.6) is 17.2 Å². The Morgan fingerprint density at radius 2 is 1.61 bits per heavy atom. The van der Waals surface area contributed by atoms with Crippen molar-refractivity contribution in [1.29, 1.82) is 0 Å². The second-order valence-electron chi connectivity index (χ2n) is 4.91. The fraction of sp³-hybridized carbons (Fsp3) is 0.278. The molecule has 0 saturated heterocycles. The minimum absolute atomic E-state index is 0.210. The minimum Gasteiger partial charge on any atom is -0.496 e. The maximum atomic E-state index is 12.8. The topological polar surface area (TPSA) is 65.0 Å². The van der Waals surface area contributed by atoms with Crippen molar-refractivity contribution in [2.24, 2.45) is 0 Å². The zero-order valence-corrected chi connectivity index (χ0v) is 13.4. The van der Waals surface area contributed by atoms with Crippen LogP contribution in [0.2, 0.25) is 0 Å².